The van der Waals surface area contributed by atoms with Crippen molar-refractivity contribution in [1.82, 2.24) is 10.2 Å². The van der Waals surface area contributed by atoms with E-state index in [9.17, 15) is 4.79 Å². The van der Waals surface area contributed by atoms with Crippen LogP contribution >= 0.6 is 0 Å². The Bertz CT molecular complexity index is 240. The third-order valence-corrected chi connectivity index (χ3v) is 3.82. The Balaban J connectivity index is 2.26. The van der Waals surface area contributed by atoms with E-state index >= 15 is 0 Å². The maximum absolute atomic E-state index is 11.4. The van der Waals surface area contributed by atoms with Gasteiger partial charge in [-0.3, -0.25) is 9.69 Å². The number of carbonyl (C=O) groups is 1. The summed E-state index contributed by atoms with van der Waals surface area (Å²) in [5, 5.41) is 3.43. The number of rotatable bonds is 6. The molecule has 1 aliphatic rings. The highest BCUT2D eigenvalue weighted by Gasteiger charge is 2.22. The fourth-order valence-electron chi connectivity index (χ4n) is 2.23. The van der Waals surface area contributed by atoms with E-state index in [1.165, 1.54) is 33.0 Å². The summed E-state index contributed by atoms with van der Waals surface area (Å²) in [6, 6.07) is 0.706. The minimum absolute atomic E-state index is 0.0919. The van der Waals surface area contributed by atoms with Crippen molar-refractivity contribution < 1.29 is 9.53 Å². The summed E-state index contributed by atoms with van der Waals surface area (Å²) in [5.41, 5.74) is 0. The molecule has 0 amide bonds. The number of nitrogens with zero attached hydrogens (tertiary/aromatic N) is 1. The number of carbonyl (C=O) groups excluding carboxylic acids is 1. The Hall–Kier alpha value is -0.610. The van der Waals surface area contributed by atoms with E-state index < -0.39 is 0 Å². The maximum Gasteiger partial charge on any atom is 0.309 e. The molecule has 0 aliphatic carbocycles. The minimum atomic E-state index is -0.140. The van der Waals surface area contributed by atoms with E-state index in [4.69, 9.17) is 4.74 Å². The minimum Gasteiger partial charge on any atom is -0.469 e. The smallest absolute Gasteiger partial charge is 0.309 e. The van der Waals surface area contributed by atoms with Crippen molar-refractivity contribution in [2.45, 2.75) is 45.7 Å². The van der Waals surface area contributed by atoms with Gasteiger partial charge in [0.2, 0.25) is 0 Å². The standard InChI is InChI=1S/C13H26N2O2/c1-10(15-7-5-6-8-15)9-14-12(3)11(2)13(16)17-4/h10-12,14H,5-9H2,1-4H3. The Kier molecular flexibility index (Phi) is 5.92. The Morgan fingerprint density at radius 1 is 1.29 bits per heavy atom. The quantitative estimate of drug-likeness (QED) is 0.712. The van der Waals surface area contributed by atoms with Gasteiger partial charge in [0.25, 0.3) is 0 Å². The highest BCUT2D eigenvalue weighted by Crippen LogP contribution is 2.11. The first-order valence-electron chi connectivity index (χ1n) is 6.61. The van der Waals surface area contributed by atoms with Crippen molar-refractivity contribution in [2.24, 2.45) is 5.92 Å². The number of methoxy groups -OCH3 is 1. The lowest BCUT2D eigenvalue weighted by atomic mass is 10.0. The molecule has 0 radical (unpaired) electrons. The van der Waals surface area contributed by atoms with E-state index in [2.05, 4.69) is 17.1 Å². The molecule has 4 heteroatoms. The van der Waals surface area contributed by atoms with Crippen LogP contribution in [0.25, 0.3) is 0 Å². The summed E-state index contributed by atoms with van der Waals surface area (Å²) in [6.45, 7) is 9.55. The predicted octanol–water partition coefficient (Wildman–Crippen LogP) is 1.26. The van der Waals surface area contributed by atoms with Crippen molar-refractivity contribution in [1.29, 1.82) is 0 Å². The van der Waals surface area contributed by atoms with Crippen LogP contribution in [0.5, 0.6) is 0 Å². The Labute approximate surface area is 105 Å². The van der Waals surface area contributed by atoms with Crippen LogP contribution in [0.2, 0.25) is 0 Å². The van der Waals surface area contributed by atoms with E-state index in [1.54, 1.807) is 0 Å². The van der Waals surface area contributed by atoms with Crippen LogP contribution in [-0.2, 0) is 9.53 Å². The molecule has 0 saturated carbocycles. The first-order chi connectivity index (χ1) is 8.06. The molecule has 4 nitrogen and oxygen atoms in total. The third kappa shape index (κ3) is 4.28. The van der Waals surface area contributed by atoms with Gasteiger partial charge >= 0.3 is 5.97 Å². The molecule has 1 N–H and O–H groups in total. The Morgan fingerprint density at radius 2 is 1.88 bits per heavy atom. The van der Waals surface area contributed by atoms with Crippen LogP contribution < -0.4 is 5.32 Å². The van der Waals surface area contributed by atoms with Gasteiger partial charge in [0, 0.05) is 18.6 Å². The molecule has 1 saturated heterocycles. The average molecular weight is 242 g/mol. The lowest BCUT2D eigenvalue weighted by Gasteiger charge is -2.27. The zero-order valence-electron chi connectivity index (χ0n) is 11.5. The zero-order chi connectivity index (χ0) is 12.8. The highest BCUT2D eigenvalue weighted by atomic mass is 16.5. The van der Waals surface area contributed by atoms with Crippen LogP contribution in [0.1, 0.15) is 33.6 Å². The number of nitrogens with one attached hydrogen (secondary N) is 1. The SMILES string of the molecule is COC(=O)C(C)C(C)NCC(C)N1CCCC1. The van der Waals surface area contributed by atoms with Crippen molar-refractivity contribution >= 4 is 5.97 Å². The van der Waals surface area contributed by atoms with Gasteiger partial charge in [0.1, 0.15) is 0 Å². The maximum atomic E-state index is 11.4. The fraction of sp³-hybridized carbons (Fsp3) is 0.923. The summed E-state index contributed by atoms with van der Waals surface area (Å²) >= 11 is 0. The predicted molar refractivity (Wildman–Crippen MR) is 68.9 cm³/mol. The van der Waals surface area contributed by atoms with Crippen molar-refractivity contribution in [3.63, 3.8) is 0 Å². The monoisotopic (exact) mass is 242 g/mol. The topological polar surface area (TPSA) is 41.6 Å². The average Bonchev–Trinajstić information content (AvgIpc) is 2.87. The lowest BCUT2D eigenvalue weighted by Crippen LogP contribution is -2.44. The van der Waals surface area contributed by atoms with Crippen LogP contribution in [0.4, 0.5) is 0 Å². The van der Waals surface area contributed by atoms with Crippen molar-refractivity contribution in [3.8, 4) is 0 Å². The summed E-state index contributed by atoms with van der Waals surface area (Å²) < 4.78 is 4.75. The molecule has 0 aromatic heterocycles. The molecule has 3 atom stereocenters. The molecule has 0 bridgehead atoms. The van der Waals surface area contributed by atoms with Crippen molar-refractivity contribution in [2.75, 3.05) is 26.7 Å². The van der Waals surface area contributed by atoms with Crippen LogP contribution in [0, 0.1) is 5.92 Å². The molecule has 3 unspecified atom stereocenters. The van der Waals surface area contributed by atoms with Crippen LogP contribution in [0.3, 0.4) is 0 Å². The van der Waals surface area contributed by atoms with Gasteiger partial charge in [-0.2, -0.15) is 0 Å². The van der Waals surface area contributed by atoms with E-state index in [0.29, 0.717) is 6.04 Å². The molecular weight excluding hydrogens is 216 g/mol. The van der Waals surface area contributed by atoms with Gasteiger partial charge in [-0.25, -0.2) is 0 Å². The molecule has 17 heavy (non-hydrogen) atoms. The van der Waals surface area contributed by atoms with E-state index in [0.717, 1.165) is 6.54 Å². The molecule has 0 spiro atoms. The van der Waals surface area contributed by atoms with E-state index in [-0.39, 0.29) is 17.9 Å². The van der Waals surface area contributed by atoms with Gasteiger partial charge in [-0.15, -0.1) is 0 Å². The van der Waals surface area contributed by atoms with E-state index in [1.807, 2.05) is 13.8 Å². The molecule has 0 aromatic rings. The second-order valence-electron chi connectivity index (χ2n) is 5.10. The van der Waals surface area contributed by atoms with Gasteiger partial charge < -0.3 is 10.1 Å². The summed E-state index contributed by atoms with van der Waals surface area (Å²) in [6.07, 6.45) is 2.64. The lowest BCUT2D eigenvalue weighted by molar-refractivity contribution is -0.145. The first-order valence-corrected chi connectivity index (χ1v) is 6.61. The Morgan fingerprint density at radius 3 is 2.41 bits per heavy atom. The number of hydrogen-bond acceptors (Lipinski definition) is 4. The summed E-state index contributed by atoms with van der Waals surface area (Å²) in [5.74, 6) is -0.232. The van der Waals surface area contributed by atoms with Gasteiger partial charge in [0.15, 0.2) is 0 Å². The summed E-state index contributed by atoms with van der Waals surface area (Å²) in [7, 11) is 1.44. The molecule has 1 heterocycles. The third-order valence-electron chi connectivity index (χ3n) is 3.82. The van der Waals surface area contributed by atoms with Gasteiger partial charge in [-0.05, 0) is 39.8 Å². The van der Waals surface area contributed by atoms with Crippen molar-refractivity contribution in [3.05, 3.63) is 0 Å². The fourth-order valence-corrected chi connectivity index (χ4v) is 2.23. The molecule has 0 aromatic carbocycles. The number of hydrogen-bond donors (Lipinski definition) is 1. The first kappa shape index (κ1) is 14.5. The molecular formula is C13H26N2O2. The number of esters is 1. The van der Waals surface area contributed by atoms with Gasteiger partial charge in [-0.1, -0.05) is 6.92 Å². The molecule has 100 valence electrons. The summed E-state index contributed by atoms with van der Waals surface area (Å²) in [4.78, 5) is 13.9. The number of ether oxygens (including phenoxy) is 1. The normalized spacial score (nSPS) is 22.1. The number of likely N-dealkylation sites (tertiary alicyclic amines) is 1. The second-order valence-corrected chi connectivity index (χ2v) is 5.10. The molecule has 1 fully saturated rings. The zero-order valence-corrected chi connectivity index (χ0v) is 11.5. The highest BCUT2D eigenvalue weighted by molar-refractivity contribution is 5.72. The second kappa shape index (κ2) is 6.97. The van der Waals surface area contributed by atoms with Crippen LogP contribution in [0.15, 0.2) is 0 Å². The van der Waals surface area contributed by atoms with Crippen LogP contribution in [-0.4, -0.2) is 49.7 Å². The largest absolute Gasteiger partial charge is 0.469 e. The molecule has 1 rings (SSSR count). The van der Waals surface area contributed by atoms with Gasteiger partial charge in [0.05, 0.1) is 13.0 Å². The molecule has 1 aliphatic heterocycles.